The number of aryl methyl sites for hydroxylation is 1. The number of piperidine rings is 1. The molecule has 5 aliphatic rings. The van der Waals surface area contributed by atoms with Gasteiger partial charge in [0.05, 0.1) is 35.9 Å². The van der Waals surface area contributed by atoms with Gasteiger partial charge >= 0.3 is 0 Å². The number of nitrogens with zero attached hydrogens (tertiary/aromatic N) is 5. The van der Waals surface area contributed by atoms with Crippen molar-refractivity contribution in [1.29, 1.82) is 0 Å². The summed E-state index contributed by atoms with van der Waals surface area (Å²) in [4.78, 5) is 27.9. The number of fused-ring (bicyclic) bond motifs is 3. The lowest BCUT2D eigenvalue weighted by Crippen LogP contribution is -2.57. The molecule has 0 N–H and O–H groups in total. The van der Waals surface area contributed by atoms with Crippen LogP contribution < -0.4 is 10.3 Å². The van der Waals surface area contributed by atoms with Crippen LogP contribution in [0.4, 0.5) is 0 Å². The molecular weight excluding hydrogens is 446 g/mol. The highest BCUT2D eigenvalue weighted by Crippen LogP contribution is 2.43. The van der Waals surface area contributed by atoms with E-state index in [0.717, 1.165) is 56.6 Å². The lowest BCUT2D eigenvalue weighted by molar-refractivity contribution is -0.177. The zero-order chi connectivity index (χ0) is 24.1. The molecule has 35 heavy (non-hydrogen) atoms. The van der Waals surface area contributed by atoms with Crippen LogP contribution in [0.25, 0.3) is 6.08 Å². The van der Waals surface area contributed by atoms with E-state index in [1.54, 1.807) is 10.8 Å². The van der Waals surface area contributed by atoms with Crippen LogP contribution in [0.1, 0.15) is 62.3 Å². The number of ether oxygens (including phenoxy) is 3. The number of morpholine rings is 1. The molecule has 1 saturated carbocycles. The fourth-order valence-electron chi connectivity index (χ4n) is 5.97. The fraction of sp³-hybridized carbons (Fsp3) is 0.615. The van der Waals surface area contributed by atoms with E-state index in [-0.39, 0.29) is 29.8 Å². The summed E-state index contributed by atoms with van der Waals surface area (Å²) in [5.74, 6) is 1.47. The Hall–Kier alpha value is -2.78. The Morgan fingerprint density at radius 1 is 1.09 bits per heavy atom. The number of hydrogen-bond acceptors (Lipinski definition) is 8. The minimum atomic E-state index is -0.220. The third kappa shape index (κ3) is 4.36. The molecule has 4 atom stereocenters. The van der Waals surface area contributed by atoms with Gasteiger partial charge in [0.25, 0.3) is 5.56 Å². The molecule has 3 aliphatic heterocycles. The standard InChI is InChI=1S/C26H33N5O4/c1-15-22(31-13-19-10-20(14-31)33-19)11-21-25(30(3)24(32)12-28-21)26(15)35-18-6-4-17(5-7-18)34-23-8-9-27-16(2)29-23/h8-9,11-12,15,17-20,26H,4-7,10,13-14H2,1-3H3/t15?,17-,18+,19?,20?,26?. The van der Waals surface area contributed by atoms with Gasteiger partial charge in [0.1, 0.15) is 18.0 Å². The zero-order valence-corrected chi connectivity index (χ0v) is 20.6. The van der Waals surface area contributed by atoms with Crippen LogP contribution in [0, 0.1) is 12.8 Å². The van der Waals surface area contributed by atoms with Crippen LogP contribution in [0.5, 0.6) is 5.88 Å². The third-order valence-electron chi connectivity index (χ3n) is 7.87. The van der Waals surface area contributed by atoms with Crippen molar-refractivity contribution in [2.24, 2.45) is 13.0 Å². The Balaban J connectivity index is 1.18. The molecule has 2 aliphatic carbocycles. The molecule has 3 saturated heterocycles. The lowest BCUT2D eigenvalue weighted by Gasteiger charge is -2.50. The summed E-state index contributed by atoms with van der Waals surface area (Å²) in [5.41, 5.74) is 2.84. The Labute approximate surface area is 205 Å². The van der Waals surface area contributed by atoms with Crippen LogP contribution in [-0.4, -0.2) is 61.9 Å². The maximum atomic E-state index is 12.5. The van der Waals surface area contributed by atoms with Gasteiger partial charge in [0.2, 0.25) is 5.88 Å². The molecular formula is C26H33N5O4. The number of aromatic nitrogens is 4. The van der Waals surface area contributed by atoms with Gasteiger partial charge in [0.15, 0.2) is 0 Å². The summed E-state index contributed by atoms with van der Waals surface area (Å²) >= 11 is 0. The van der Waals surface area contributed by atoms with Gasteiger partial charge in [-0.2, -0.15) is 4.98 Å². The molecule has 2 aromatic rings. The molecule has 4 unspecified atom stereocenters. The first kappa shape index (κ1) is 22.7. The van der Waals surface area contributed by atoms with E-state index in [2.05, 4.69) is 32.9 Å². The molecule has 9 heteroatoms. The molecule has 0 aromatic carbocycles. The Kier molecular flexibility index (Phi) is 5.84. The topological polar surface area (TPSA) is 91.6 Å². The molecule has 0 spiro atoms. The molecule has 2 bridgehead atoms. The highest BCUT2D eigenvalue weighted by molar-refractivity contribution is 5.56. The van der Waals surface area contributed by atoms with Crippen LogP contribution >= 0.6 is 0 Å². The predicted octanol–water partition coefficient (Wildman–Crippen LogP) is 2.79. The predicted molar refractivity (Wildman–Crippen MR) is 129 cm³/mol. The number of hydrogen-bond donors (Lipinski definition) is 0. The van der Waals surface area contributed by atoms with E-state index in [1.165, 1.54) is 11.9 Å². The first-order valence-electron chi connectivity index (χ1n) is 12.7. The van der Waals surface area contributed by atoms with Crippen molar-refractivity contribution in [3.8, 4) is 5.88 Å². The molecule has 2 aromatic heterocycles. The molecule has 9 nitrogen and oxygen atoms in total. The van der Waals surface area contributed by atoms with Crippen LogP contribution in [0.15, 0.2) is 29.0 Å². The summed E-state index contributed by atoms with van der Waals surface area (Å²) in [7, 11) is 1.82. The van der Waals surface area contributed by atoms with E-state index in [4.69, 9.17) is 14.2 Å². The van der Waals surface area contributed by atoms with Crippen molar-refractivity contribution in [2.75, 3.05) is 13.1 Å². The summed E-state index contributed by atoms with van der Waals surface area (Å²) in [6.07, 6.45) is 10.7. The minimum absolute atomic E-state index is 0.105. The highest BCUT2D eigenvalue weighted by atomic mass is 16.5. The van der Waals surface area contributed by atoms with Crippen molar-refractivity contribution >= 4 is 6.08 Å². The molecule has 186 valence electrons. The highest BCUT2D eigenvalue weighted by Gasteiger charge is 2.43. The quantitative estimate of drug-likeness (QED) is 0.647. The molecule has 7 rings (SSSR count). The molecule has 0 amide bonds. The van der Waals surface area contributed by atoms with Crippen molar-refractivity contribution in [3.05, 3.63) is 51.7 Å². The van der Waals surface area contributed by atoms with Crippen LogP contribution in [0.3, 0.4) is 0 Å². The average Bonchev–Trinajstić information content (AvgIpc) is 2.84. The summed E-state index contributed by atoms with van der Waals surface area (Å²) in [5, 5.41) is 0. The van der Waals surface area contributed by atoms with Crippen molar-refractivity contribution in [3.63, 3.8) is 0 Å². The maximum Gasteiger partial charge on any atom is 0.269 e. The SMILES string of the molecule is Cc1nccc(O[C@H]2CC[C@@H](OC3c4c(ncc(=O)n4C)C=C(N4CC5CC(C4)O5)C3C)CC2)n1. The second-order valence-corrected chi connectivity index (χ2v) is 10.3. The molecule has 5 heterocycles. The monoisotopic (exact) mass is 479 g/mol. The minimum Gasteiger partial charge on any atom is -0.474 e. The molecule has 0 radical (unpaired) electrons. The van der Waals surface area contributed by atoms with E-state index >= 15 is 0 Å². The van der Waals surface area contributed by atoms with Gasteiger partial charge in [0, 0.05) is 50.4 Å². The second kappa shape index (κ2) is 9.02. The largest absolute Gasteiger partial charge is 0.474 e. The van der Waals surface area contributed by atoms with Crippen molar-refractivity contribution < 1.29 is 14.2 Å². The second-order valence-electron chi connectivity index (χ2n) is 10.3. The van der Waals surface area contributed by atoms with E-state index < -0.39 is 0 Å². The van der Waals surface area contributed by atoms with Crippen LogP contribution in [-0.2, 0) is 16.5 Å². The van der Waals surface area contributed by atoms with Crippen molar-refractivity contribution in [1.82, 2.24) is 24.4 Å². The van der Waals surface area contributed by atoms with E-state index in [9.17, 15) is 4.79 Å². The molecule has 4 fully saturated rings. The van der Waals surface area contributed by atoms with Crippen LogP contribution in [0.2, 0.25) is 0 Å². The lowest BCUT2D eigenvalue weighted by atomic mass is 9.86. The van der Waals surface area contributed by atoms with Gasteiger partial charge in [-0.05, 0) is 38.7 Å². The smallest absolute Gasteiger partial charge is 0.269 e. The first-order chi connectivity index (χ1) is 16.9. The normalized spacial score (nSPS) is 31.9. The third-order valence-corrected chi connectivity index (χ3v) is 7.87. The first-order valence-corrected chi connectivity index (χ1v) is 12.7. The van der Waals surface area contributed by atoms with Gasteiger partial charge < -0.3 is 23.7 Å². The van der Waals surface area contributed by atoms with E-state index in [0.29, 0.717) is 23.9 Å². The average molecular weight is 480 g/mol. The Bertz CT molecular complexity index is 1170. The fourth-order valence-corrected chi connectivity index (χ4v) is 5.97. The Morgan fingerprint density at radius 2 is 1.80 bits per heavy atom. The maximum absolute atomic E-state index is 12.5. The number of rotatable bonds is 5. The summed E-state index contributed by atoms with van der Waals surface area (Å²) in [6, 6.07) is 1.81. The van der Waals surface area contributed by atoms with Crippen molar-refractivity contribution in [2.45, 2.75) is 76.5 Å². The van der Waals surface area contributed by atoms with Gasteiger partial charge in [-0.15, -0.1) is 0 Å². The van der Waals surface area contributed by atoms with Gasteiger partial charge in [-0.1, -0.05) is 6.92 Å². The summed E-state index contributed by atoms with van der Waals surface area (Å²) < 4.78 is 20.5. The summed E-state index contributed by atoms with van der Waals surface area (Å²) in [6.45, 7) is 5.90. The van der Waals surface area contributed by atoms with Gasteiger partial charge in [-0.3, -0.25) is 4.79 Å². The Morgan fingerprint density at radius 3 is 2.51 bits per heavy atom. The van der Waals surface area contributed by atoms with Gasteiger partial charge in [-0.25, -0.2) is 9.97 Å². The van der Waals surface area contributed by atoms with E-state index in [1.807, 2.05) is 20.0 Å². The zero-order valence-electron chi connectivity index (χ0n) is 20.6.